The van der Waals surface area contributed by atoms with Crippen molar-refractivity contribution in [2.24, 2.45) is 5.92 Å². The number of phenolic OH excluding ortho intramolecular Hbond substituents is 1. The SMILES string of the molecule is C=C(C)C(=O)Oc1ccc(O)c(OC(=O)C(C)C)c1. The van der Waals surface area contributed by atoms with Crippen LogP contribution in [0.4, 0.5) is 0 Å². The molecule has 5 heteroatoms. The topological polar surface area (TPSA) is 72.8 Å². The highest BCUT2D eigenvalue weighted by molar-refractivity contribution is 5.88. The van der Waals surface area contributed by atoms with Gasteiger partial charge in [-0.15, -0.1) is 0 Å². The summed E-state index contributed by atoms with van der Waals surface area (Å²) in [5.74, 6) is -1.50. The van der Waals surface area contributed by atoms with Gasteiger partial charge in [-0.05, 0) is 19.1 Å². The highest BCUT2D eigenvalue weighted by atomic mass is 16.5. The van der Waals surface area contributed by atoms with Gasteiger partial charge in [0.15, 0.2) is 11.5 Å². The average Bonchev–Trinajstić information content (AvgIpc) is 2.32. The molecule has 0 amide bonds. The Hall–Kier alpha value is -2.30. The third kappa shape index (κ3) is 4.13. The third-order valence-electron chi connectivity index (χ3n) is 2.17. The highest BCUT2D eigenvalue weighted by Crippen LogP contribution is 2.31. The van der Waals surface area contributed by atoms with Crippen LogP contribution in [0.2, 0.25) is 0 Å². The zero-order valence-electron chi connectivity index (χ0n) is 11.1. The maximum atomic E-state index is 11.5. The minimum absolute atomic E-state index is 0.0503. The summed E-state index contributed by atoms with van der Waals surface area (Å²) in [6.07, 6.45) is 0. The van der Waals surface area contributed by atoms with Crippen LogP contribution in [-0.2, 0) is 9.59 Å². The fourth-order valence-electron chi connectivity index (χ4n) is 1.06. The van der Waals surface area contributed by atoms with Crippen molar-refractivity contribution < 1.29 is 24.2 Å². The molecular formula is C14H16O5. The van der Waals surface area contributed by atoms with Crippen LogP contribution in [0.3, 0.4) is 0 Å². The first-order chi connectivity index (χ1) is 8.81. The van der Waals surface area contributed by atoms with E-state index in [0.717, 1.165) is 0 Å². The highest BCUT2D eigenvalue weighted by Gasteiger charge is 2.14. The number of hydrogen-bond acceptors (Lipinski definition) is 5. The first-order valence-electron chi connectivity index (χ1n) is 5.73. The molecule has 0 saturated carbocycles. The van der Waals surface area contributed by atoms with Gasteiger partial charge in [-0.3, -0.25) is 4.79 Å². The monoisotopic (exact) mass is 264 g/mol. The molecule has 0 unspecified atom stereocenters. The average molecular weight is 264 g/mol. The number of carbonyl (C=O) groups is 2. The molecule has 0 aliphatic rings. The van der Waals surface area contributed by atoms with Crippen molar-refractivity contribution in [3.05, 3.63) is 30.4 Å². The molecule has 0 aliphatic carbocycles. The summed E-state index contributed by atoms with van der Waals surface area (Å²) < 4.78 is 9.96. The predicted octanol–water partition coefficient (Wildman–Crippen LogP) is 2.44. The molecule has 0 aliphatic heterocycles. The molecule has 1 N–H and O–H groups in total. The molecule has 19 heavy (non-hydrogen) atoms. The second-order valence-corrected chi connectivity index (χ2v) is 4.38. The Labute approximate surface area is 111 Å². The van der Waals surface area contributed by atoms with E-state index < -0.39 is 11.9 Å². The first-order valence-corrected chi connectivity index (χ1v) is 5.73. The summed E-state index contributed by atoms with van der Waals surface area (Å²) in [5.41, 5.74) is 0.244. The van der Waals surface area contributed by atoms with Gasteiger partial charge in [0.25, 0.3) is 0 Å². The number of rotatable bonds is 4. The number of carbonyl (C=O) groups excluding carboxylic acids is 2. The van der Waals surface area contributed by atoms with E-state index in [1.807, 2.05) is 0 Å². The van der Waals surface area contributed by atoms with Crippen LogP contribution in [0, 0.1) is 5.92 Å². The van der Waals surface area contributed by atoms with E-state index in [2.05, 4.69) is 6.58 Å². The lowest BCUT2D eigenvalue weighted by Gasteiger charge is -2.10. The van der Waals surface area contributed by atoms with Crippen LogP contribution in [0.15, 0.2) is 30.4 Å². The molecule has 0 saturated heterocycles. The van der Waals surface area contributed by atoms with Crippen LogP contribution in [0.1, 0.15) is 20.8 Å². The number of phenols is 1. The molecule has 1 aromatic rings. The van der Waals surface area contributed by atoms with Gasteiger partial charge in [0.2, 0.25) is 0 Å². The van der Waals surface area contributed by atoms with Crippen molar-refractivity contribution in [1.29, 1.82) is 0 Å². The van der Waals surface area contributed by atoms with Crippen LogP contribution in [-0.4, -0.2) is 17.0 Å². The van der Waals surface area contributed by atoms with Crippen molar-refractivity contribution in [1.82, 2.24) is 0 Å². The standard InChI is InChI=1S/C14H16O5/c1-8(2)13(16)18-10-5-6-11(15)12(7-10)19-14(17)9(3)4/h5-7,9,15H,1H2,2-4H3. The largest absolute Gasteiger partial charge is 0.504 e. The minimum Gasteiger partial charge on any atom is -0.504 e. The lowest BCUT2D eigenvalue weighted by atomic mass is 10.2. The van der Waals surface area contributed by atoms with E-state index in [1.165, 1.54) is 25.1 Å². The quantitative estimate of drug-likeness (QED) is 0.513. The lowest BCUT2D eigenvalue weighted by molar-refractivity contribution is -0.137. The molecule has 1 aromatic carbocycles. The van der Waals surface area contributed by atoms with E-state index in [9.17, 15) is 14.7 Å². The van der Waals surface area contributed by atoms with Crippen LogP contribution in [0.25, 0.3) is 0 Å². The molecule has 0 aromatic heterocycles. The van der Waals surface area contributed by atoms with Crippen molar-refractivity contribution in [3.63, 3.8) is 0 Å². The minimum atomic E-state index is -0.591. The second kappa shape index (κ2) is 6.04. The fourth-order valence-corrected chi connectivity index (χ4v) is 1.06. The summed E-state index contributed by atoms with van der Waals surface area (Å²) in [7, 11) is 0. The molecule has 0 heterocycles. The second-order valence-electron chi connectivity index (χ2n) is 4.38. The smallest absolute Gasteiger partial charge is 0.338 e. The number of benzene rings is 1. The Morgan fingerprint density at radius 2 is 1.89 bits per heavy atom. The normalized spacial score (nSPS) is 10.1. The Bertz CT molecular complexity index is 517. The first kappa shape index (κ1) is 14.8. The zero-order chi connectivity index (χ0) is 14.6. The fraction of sp³-hybridized carbons (Fsp3) is 0.286. The van der Waals surface area contributed by atoms with Gasteiger partial charge in [-0.25, -0.2) is 4.79 Å². The maximum Gasteiger partial charge on any atom is 0.338 e. The number of hydrogen-bond donors (Lipinski definition) is 1. The van der Waals surface area contributed by atoms with Crippen molar-refractivity contribution >= 4 is 11.9 Å². The van der Waals surface area contributed by atoms with E-state index in [1.54, 1.807) is 13.8 Å². The zero-order valence-corrected chi connectivity index (χ0v) is 11.1. The van der Waals surface area contributed by atoms with E-state index in [-0.39, 0.29) is 28.7 Å². The summed E-state index contributed by atoms with van der Waals surface area (Å²) in [5, 5.41) is 9.57. The van der Waals surface area contributed by atoms with E-state index in [0.29, 0.717) is 0 Å². The molecule has 0 bridgehead atoms. The molecule has 1 rings (SSSR count). The van der Waals surface area contributed by atoms with Crippen molar-refractivity contribution in [3.8, 4) is 17.2 Å². The third-order valence-corrected chi connectivity index (χ3v) is 2.17. The van der Waals surface area contributed by atoms with Crippen molar-refractivity contribution in [2.75, 3.05) is 0 Å². The van der Waals surface area contributed by atoms with Crippen LogP contribution >= 0.6 is 0 Å². The molecule has 102 valence electrons. The number of ether oxygens (including phenoxy) is 2. The maximum absolute atomic E-state index is 11.5. The summed E-state index contributed by atoms with van der Waals surface area (Å²) in [6.45, 7) is 8.31. The molecule has 0 radical (unpaired) electrons. The molecule has 0 spiro atoms. The Balaban J connectivity index is 2.91. The van der Waals surface area contributed by atoms with E-state index in [4.69, 9.17) is 9.47 Å². The molecular weight excluding hydrogens is 248 g/mol. The van der Waals surface area contributed by atoms with Crippen molar-refractivity contribution in [2.45, 2.75) is 20.8 Å². The van der Waals surface area contributed by atoms with Gasteiger partial charge >= 0.3 is 11.9 Å². The summed E-state index contributed by atoms with van der Waals surface area (Å²) in [6, 6.07) is 3.95. The molecule has 5 nitrogen and oxygen atoms in total. The van der Waals surface area contributed by atoms with E-state index >= 15 is 0 Å². The van der Waals surface area contributed by atoms with Crippen LogP contribution in [0.5, 0.6) is 17.2 Å². The summed E-state index contributed by atoms with van der Waals surface area (Å²) in [4.78, 5) is 22.8. The molecule has 0 fully saturated rings. The van der Waals surface area contributed by atoms with Gasteiger partial charge in [-0.1, -0.05) is 20.4 Å². The Morgan fingerprint density at radius 3 is 2.42 bits per heavy atom. The van der Waals surface area contributed by atoms with Gasteiger partial charge < -0.3 is 14.6 Å². The number of aromatic hydroxyl groups is 1. The van der Waals surface area contributed by atoms with Gasteiger partial charge in [0, 0.05) is 11.6 Å². The number of esters is 2. The van der Waals surface area contributed by atoms with Gasteiger partial charge in [0.1, 0.15) is 5.75 Å². The van der Waals surface area contributed by atoms with Gasteiger partial charge in [-0.2, -0.15) is 0 Å². The predicted molar refractivity (Wildman–Crippen MR) is 69.0 cm³/mol. The van der Waals surface area contributed by atoms with Crippen LogP contribution < -0.4 is 9.47 Å². The summed E-state index contributed by atoms with van der Waals surface area (Å²) >= 11 is 0. The Kier molecular flexibility index (Phi) is 4.69. The van der Waals surface area contributed by atoms with Gasteiger partial charge in [0.05, 0.1) is 5.92 Å². The Morgan fingerprint density at radius 1 is 1.26 bits per heavy atom. The lowest BCUT2D eigenvalue weighted by Crippen LogP contribution is -2.15. The molecule has 0 atom stereocenters.